The zero-order valence-electron chi connectivity index (χ0n) is 17.7. The molecular weight excluding hydrogens is 424 g/mol. The summed E-state index contributed by atoms with van der Waals surface area (Å²) in [5.74, 6) is -0.383. The number of nitrogens with one attached hydrogen (secondary N) is 1. The van der Waals surface area contributed by atoms with E-state index in [0.29, 0.717) is 5.56 Å². The molecule has 0 bridgehead atoms. The van der Waals surface area contributed by atoms with Crippen LogP contribution in [0, 0.1) is 13.8 Å². The van der Waals surface area contributed by atoms with Gasteiger partial charge < -0.3 is 0 Å². The number of rotatable bonds is 7. The fraction of sp³-hybridized carbons (Fsp3) is 0.125. The summed E-state index contributed by atoms with van der Waals surface area (Å²) in [6.07, 6.45) is 0. The van der Waals surface area contributed by atoms with Crippen molar-refractivity contribution >= 4 is 21.6 Å². The Hall–Kier alpha value is -3.78. The summed E-state index contributed by atoms with van der Waals surface area (Å²) >= 11 is 0. The Kier molecular flexibility index (Phi) is 5.87. The lowest BCUT2D eigenvalue weighted by molar-refractivity contribution is 0.103. The molecule has 4 rings (SSSR count). The molecule has 0 unspecified atom stereocenters. The van der Waals surface area contributed by atoms with Crippen molar-refractivity contribution in [3.8, 4) is 0 Å². The summed E-state index contributed by atoms with van der Waals surface area (Å²) in [5, 5.41) is 8.13. The number of nitrogens with zero attached hydrogens (tertiary/aromatic N) is 3. The molecule has 0 aliphatic rings. The van der Waals surface area contributed by atoms with Crippen molar-refractivity contribution in [1.29, 1.82) is 0 Å². The van der Waals surface area contributed by atoms with Crippen LogP contribution < -0.4 is 4.72 Å². The fourth-order valence-electron chi connectivity index (χ4n) is 3.18. The van der Waals surface area contributed by atoms with Crippen molar-refractivity contribution in [3.05, 3.63) is 107 Å². The van der Waals surface area contributed by atoms with Crippen LogP contribution in [-0.2, 0) is 16.6 Å². The van der Waals surface area contributed by atoms with Crippen molar-refractivity contribution in [2.24, 2.45) is 0 Å². The fourth-order valence-corrected chi connectivity index (χ4v) is 4.25. The van der Waals surface area contributed by atoms with Gasteiger partial charge in [-0.1, -0.05) is 83.1 Å². The Morgan fingerprint density at radius 3 is 2.09 bits per heavy atom. The number of ketones is 1. The van der Waals surface area contributed by atoms with Gasteiger partial charge in [0, 0.05) is 5.56 Å². The van der Waals surface area contributed by atoms with Gasteiger partial charge in [0.25, 0.3) is 10.0 Å². The monoisotopic (exact) mass is 446 g/mol. The molecule has 0 atom stereocenters. The lowest BCUT2D eigenvalue weighted by Gasteiger charge is -2.12. The van der Waals surface area contributed by atoms with E-state index in [1.165, 1.54) is 16.8 Å². The van der Waals surface area contributed by atoms with Gasteiger partial charge in [-0.15, -0.1) is 5.10 Å². The maximum Gasteiger partial charge on any atom is 0.263 e. The van der Waals surface area contributed by atoms with Gasteiger partial charge in [-0.05, 0) is 31.5 Å². The number of benzene rings is 3. The van der Waals surface area contributed by atoms with Crippen molar-refractivity contribution in [2.75, 3.05) is 4.72 Å². The summed E-state index contributed by atoms with van der Waals surface area (Å²) in [7, 11) is -3.96. The van der Waals surface area contributed by atoms with E-state index in [2.05, 4.69) is 15.0 Å². The molecule has 162 valence electrons. The minimum Gasteiger partial charge on any atom is -0.287 e. The minimum atomic E-state index is -3.96. The molecule has 8 heteroatoms. The first-order chi connectivity index (χ1) is 15.3. The van der Waals surface area contributed by atoms with Crippen LogP contribution in [0.25, 0.3) is 0 Å². The maximum absolute atomic E-state index is 13.2. The van der Waals surface area contributed by atoms with Crippen LogP contribution in [0.4, 0.5) is 5.82 Å². The topological polar surface area (TPSA) is 93.9 Å². The molecule has 0 aliphatic carbocycles. The number of anilines is 1. The van der Waals surface area contributed by atoms with E-state index in [1.807, 2.05) is 56.3 Å². The molecule has 1 N–H and O–H groups in total. The summed E-state index contributed by atoms with van der Waals surface area (Å²) in [5.41, 5.74) is 3.19. The number of aryl methyl sites for hydroxylation is 2. The second kappa shape index (κ2) is 8.76. The second-order valence-electron chi connectivity index (χ2n) is 7.54. The lowest BCUT2D eigenvalue weighted by atomic mass is 10.1. The third kappa shape index (κ3) is 4.60. The van der Waals surface area contributed by atoms with Crippen molar-refractivity contribution in [2.45, 2.75) is 25.3 Å². The largest absolute Gasteiger partial charge is 0.287 e. The van der Waals surface area contributed by atoms with E-state index in [1.54, 1.807) is 24.3 Å². The first-order valence-electron chi connectivity index (χ1n) is 10.0. The van der Waals surface area contributed by atoms with Gasteiger partial charge in [0.1, 0.15) is 0 Å². The molecule has 0 saturated heterocycles. The molecule has 32 heavy (non-hydrogen) atoms. The van der Waals surface area contributed by atoms with Gasteiger partial charge in [0.05, 0.1) is 11.4 Å². The molecule has 1 aromatic heterocycles. The van der Waals surface area contributed by atoms with E-state index in [9.17, 15) is 13.2 Å². The number of aromatic nitrogens is 3. The van der Waals surface area contributed by atoms with Crippen LogP contribution in [0.3, 0.4) is 0 Å². The standard InChI is InChI=1S/C24H22N4O3S/c1-17-8-12-20(13-9-17)23(29)22-24(26-32(30,31)21-14-10-18(2)11-15-21)28(27-25-22)16-19-6-4-3-5-7-19/h3-15,26H,16H2,1-2H3. The Labute approximate surface area is 186 Å². The molecular formula is C24H22N4O3S. The summed E-state index contributed by atoms with van der Waals surface area (Å²) in [6.45, 7) is 4.05. The van der Waals surface area contributed by atoms with Crippen molar-refractivity contribution in [3.63, 3.8) is 0 Å². The van der Waals surface area contributed by atoms with Crippen molar-refractivity contribution < 1.29 is 13.2 Å². The highest BCUT2D eigenvalue weighted by Crippen LogP contribution is 2.23. The van der Waals surface area contributed by atoms with Crippen LogP contribution in [0.15, 0.2) is 83.8 Å². The summed E-state index contributed by atoms with van der Waals surface area (Å²) in [4.78, 5) is 13.2. The van der Waals surface area contributed by atoms with E-state index in [4.69, 9.17) is 0 Å². The minimum absolute atomic E-state index is 0.0278. The van der Waals surface area contributed by atoms with Crippen LogP contribution in [0.5, 0.6) is 0 Å². The first kappa shape index (κ1) is 21.5. The molecule has 0 amide bonds. The van der Waals surface area contributed by atoms with Crippen molar-refractivity contribution in [1.82, 2.24) is 15.0 Å². The molecule has 0 saturated carbocycles. The molecule has 1 heterocycles. The van der Waals surface area contributed by atoms with Crippen LogP contribution in [0.2, 0.25) is 0 Å². The van der Waals surface area contributed by atoms with Crippen LogP contribution in [-0.4, -0.2) is 29.2 Å². The van der Waals surface area contributed by atoms with E-state index in [-0.39, 0.29) is 23.0 Å². The molecule has 0 spiro atoms. The predicted octanol–water partition coefficient (Wildman–Crippen LogP) is 3.98. The Bertz CT molecular complexity index is 1340. The molecule has 4 aromatic rings. The smallest absolute Gasteiger partial charge is 0.263 e. The number of carbonyl (C=O) groups is 1. The lowest BCUT2D eigenvalue weighted by Crippen LogP contribution is -2.19. The van der Waals surface area contributed by atoms with Gasteiger partial charge >= 0.3 is 0 Å². The highest BCUT2D eigenvalue weighted by atomic mass is 32.2. The van der Waals surface area contributed by atoms with Gasteiger partial charge in [0.15, 0.2) is 11.5 Å². The number of hydrogen-bond donors (Lipinski definition) is 1. The quantitative estimate of drug-likeness (QED) is 0.434. The van der Waals surface area contributed by atoms with Crippen LogP contribution in [0.1, 0.15) is 32.7 Å². The normalized spacial score (nSPS) is 11.3. The van der Waals surface area contributed by atoms with E-state index >= 15 is 0 Å². The van der Waals surface area contributed by atoms with Gasteiger partial charge in [0.2, 0.25) is 5.78 Å². The average Bonchev–Trinajstić information content (AvgIpc) is 3.16. The number of carbonyl (C=O) groups excluding carboxylic acids is 1. The zero-order chi connectivity index (χ0) is 22.7. The zero-order valence-corrected chi connectivity index (χ0v) is 18.5. The number of sulfonamides is 1. The van der Waals surface area contributed by atoms with E-state index < -0.39 is 15.8 Å². The molecule has 0 radical (unpaired) electrons. The molecule has 7 nitrogen and oxygen atoms in total. The maximum atomic E-state index is 13.2. The Morgan fingerprint density at radius 2 is 1.47 bits per heavy atom. The number of hydrogen-bond acceptors (Lipinski definition) is 5. The molecule has 3 aromatic carbocycles. The van der Waals surface area contributed by atoms with Crippen LogP contribution >= 0.6 is 0 Å². The van der Waals surface area contributed by atoms with E-state index in [0.717, 1.165) is 16.7 Å². The highest BCUT2D eigenvalue weighted by molar-refractivity contribution is 7.92. The second-order valence-corrected chi connectivity index (χ2v) is 9.23. The predicted molar refractivity (Wildman–Crippen MR) is 122 cm³/mol. The summed E-state index contributed by atoms with van der Waals surface area (Å²) in [6, 6.07) is 22.9. The highest BCUT2D eigenvalue weighted by Gasteiger charge is 2.26. The summed E-state index contributed by atoms with van der Waals surface area (Å²) < 4.78 is 30.1. The Balaban J connectivity index is 1.76. The van der Waals surface area contributed by atoms with Gasteiger partial charge in [-0.3, -0.25) is 9.52 Å². The molecule has 0 fully saturated rings. The van der Waals surface area contributed by atoms with Gasteiger partial charge in [-0.25, -0.2) is 13.1 Å². The third-order valence-corrected chi connectivity index (χ3v) is 6.36. The van der Waals surface area contributed by atoms with Gasteiger partial charge in [-0.2, -0.15) is 0 Å². The average molecular weight is 447 g/mol. The molecule has 0 aliphatic heterocycles. The Morgan fingerprint density at radius 1 is 0.875 bits per heavy atom. The SMILES string of the molecule is Cc1ccc(C(=O)c2nnn(Cc3ccccc3)c2NS(=O)(=O)c2ccc(C)cc2)cc1. The first-order valence-corrected chi connectivity index (χ1v) is 11.5. The third-order valence-electron chi connectivity index (χ3n) is 5.00.